The number of aliphatic hydroxyl groups excluding tert-OH is 1. The maximum atomic E-state index is 13.0. The topological polar surface area (TPSA) is 20.2 Å². The first-order valence-corrected chi connectivity index (χ1v) is 6.96. The maximum Gasteiger partial charge on any atom is 0.123 e. The minimum atomic E-state index is -0.561. The van der Waals surface area contributed by atoms with Crippen molar-refractivity contribution in [2.75, 3.05) is 0 Å². The van der Waals surface area contributed by atoms with Gasteiger partial charge < -0.3 is 5.11 Å². The molecular weight excluding hydrogens is 275 g/mol. The Balaban J connectivity index is 2.16. The zero-order chi connectivity index (χ0) is 14.8. The van der Waals surface area contributed by atoms with Crippen molar-refractivity contribution in [3.63, 3.8) is 0 Å². The van der Waals surface area contributed by atoms with Gasteiger partial charge in [0.05, 0.1) is 6.10 Å². The Morgan fingerprint density at radius 3 is 2.15 bits per heavy atom. The van der Waals surface area contributed by atoms with E-state index < -0.39 is 11.5 Å². The molecule has 0 saturated heterocycles. The van der Waals surface area contributed by atoms with Gasteiger partial charge in [-0.15, -0.1) is 0 Å². The van der Waals surface area contributed by atoms with E-state index in [0.717, 1.165) is 11.1 Å². The number of hydrogen-bond donors (Lipinski definition) is 1. The molecule has 2 aromatic carbocycles. The van der Waals surface area contributed by atoms with Gasteiger partial charge in [-0.2, -0.15) is 0 Å². The lowest BCUT2D eigenvalue weighted by molar-refractivity contribution is 0.0999. The first-order chi connectivity index (χ1) is 9.39. The highest BCUT2D eigenvalue weighted by molar-refractivity contribution is 6.30. The smallest absolute Gasteiger partial charge is 0.123 e. The summed E-state index contributed by atoms with van der Waals surface area (Å²) in [6, 6.07) is 13.7. The lowest BCUT2D eigenvalue weighted by Crippen LogP contribution is -2.35. The Labute approximate surface area is 124 Å². The first kappa shape index (κ1) is 15.0. The Hall–Kier alpha value is -1.38. The zero-order valence-electron chi connectivity index (χ0n) is 11.6. The molecule has 3 heteroatoms. The highest BCUT2D eigenvalue weighted by atomic mass is 35.5. The van der Waals surface area contributed by atoms with E-state index in [-0.39, 0.29) is 5.82 Å². The molecule has 0 aliphatic heterocycles. The second-order valence-electron chi connectivity index (χ2n) is 5.57. The predicted molar refractivity (Wildman–Crippen MR) is 80.6 cm³/mol. The second-order valence-corrected chi connectivity index (χ2v) is 6.01. The van der Waals surface area contributed by atoms with E-state index in [0.29, 0.717) is 11.4 Å². The fraction of sp³-hybridized carbons (Fsp3) is 0.294. The number of aliphatic hydroxyl groups is 1. The number of hydrogen-bond acceptors (Lipinski definition) is 1. The Kier molecular flexibility index (Phi) is 4.46. The average molecular weight is 293 g/mol. The minimum Gasteiger partial charge on any atom is -0.392 e. The van der Waals surface area contributed by atoms with Crippen LogP contribution in [0.5, 0.6) is 0 Å². The number of benzene rings is 2. The van der Waals surface area contributed by atoms with Crippen LogP contribution < -0.4 is 0 Å². The van der Waals surface area contributed by atoms with Crippen molar-refractivity contribution in [3.05, 3.63) is 70.5 Å². The Morgan fingerprint density at radius 1 is 1.05 bits per heavy atom. The van der Waals surface area contributed by atoms with E-state index in [1.165, 1.54) is 12.1 Å². The van der Waals surface area contributed by atoms with Crippen LogP contribution in [0.2, 0.25) is 5.02 Å². The Bertz CT molecular complexity index is 561. The molecular formula is C17H18ClFO. The summed E-state index contributed by atoms with van der Waals surface area (Å²) in [5.74, 6) is -0.267. The molecule has 1 N–H and O–H groups in total. The van der Waals surface area contributed by atoms with Crippen LogP contribution >= 0.6 is 11.6 Å². The van der Waals surface area contributed by atoms with E-state index in [1.807, 2.05) is 38.1 Å². The van der Waals surface area contributed by atoms with Gasteiger partial charge in [0, 0.05) is 10.4 Å². The summed E-state index contributed by atoms with van der Waals surface area (Å²) in [4.78, 5) is 0. The third-order valence-corrected chi connectivity index (χ3v) is 4.02. The molecule has 0 saturated carbocycles. The van der Waals surface area contributed by atoms with Crippen molar-refractivity contribution < 1.29 is 9.50 Å². The zero-order valence-corrected chi connectivity index (χ0v) is 12.4. The number of halogens is 2. The summed E-state index contributed by atoms with van der Waals surface area (Å²) >= 11 is 5.85. The molecule has 0 spiro atoms. The molecule has 2 aromatic rings. The van der Waals surface area contributed by atoms with Gasteiger partial charge in [0.2, 0.25) is 0 Å². The molecule has 1 atom stereocenters. The third kappa shape index (κ3) is 3.38. The van der Waals surface area contributed by atoms with Gasteiger partial charge in [-0.3, -0.25) is 0 Å². The SMILES string of the molecule is CC(C)(c1ccc(F)cc1)C(O)Cc1ccc(Cl)cc1. The van der Waals surface area contributed by atoms with Gasteiger partial charge in [-0.25, -0.2) is 4.39 Å². The van der Waals surface area contributed by atoms with Crippen LogP contribution in [0, 0.1) is 5.82 Å². The molecule has 1 unspecified atom stereocenters. The molecule has 0 heterocycles. The van der Waals surface area contributed by atoms with Gasteiger partial charge in [-0.05, 0) is 41.8 Å². The highest BCUT2D eigenvalue weighted by Gasteiger charge is 2.29. The van der Waals surface area contributed by atoms with Crippen molar-refractivity contribution in [2.24, 2.45) is 0 Å². The van der Waals surface area contributed by atoms with Crippen LogP contribution in [0.3, 0.4) is 0 Å². The molecule has 20 heavy (non-hydrogen) atoms. The molecule has 0 fully saturated rings. The quantitative estimate of drug-likeness (QED) is 0.888. The standard InChI is InChI=1S/C17H18ClFO/c1-17(2,13-5-9-15(19)10-6-13)16(20)11-12-3-7-14(18)8-4-12/h3-10,16,20H,11H2,1-2H3. The largest absolute Gasteiger partial charge is 0.392 e. The normalized spacial score (nSPS) is 13.2. The summed E-state index contributed by atoms with van der Waals surface area (Å²) in [6.07, 6.45) is -0.0317. The van der Waals surface area contributed by atoms with E-state index >= 15 is 0 Å². The molecule has 1 nitrogen and oxygen atoms in total. The van der Waals surface area contributed by atoms with Gasteiger partial charge in [0.1, 0.15) is 5.82 Å². The molecule has 0 aromatic heterocycles. The van der Waals surface area contributed by atoms with Crippen molar-refractivity contribution in [3.8, 4) is 0 Å². The lowest BCUT2D eigenvalue weighted by Gasteiger charge is -2.31. The summed E-state index contributed by atoms with van der Waals surface area (Å²) in [7, 11) is 0. The fourth-order valence-corrected chi connectivity index (χ4v) is 2.30. The molecule has 0 aliphatic rings. The van der Waals surface area contributed by atoms with Gasteiger partial charge in [0.15, 0.2) is 0 Å². The van der Waals surface area contributed by atoms with E-state index in [1.54, 1.807) is 12.1 Å². The van der Waals surface area contributed by atoms with Crippen LogP contribution in [0.1, 0.15) is 25.0 Å². The lowest BCUT2D eigenvalue weighted by atomic mass is 9.77. The van der Waals surface area contributed by atoms with Crippen molar-refractivity contribution in [1.82, 2.24) is 0 Å². The van der Waals surface area contributed by atoms with Crippen LogP contribution in [0.25, 0.3) is 0 Å². The molecule has 0 radical (unpaired) electrons. The average Bonchev–Trinajstić information content (AvgIpc) is 2.42. The Morgan fingerprint density at radius 2 is 1.60 bits per heavy atom. The monoisotopic (exact) mass is 292 g/mol. The van der Waals surface area contributed by atoms with E-state index in [9.17, 15) is 9.50 Å². The van der Waals surface area contributed by atoms with Crippen LogP contribution in [-0.4, -0.2) is 11.2 Å². The van der Waals surface area contributed by atoms with Crippen molar-refractivity contribution in [2.45, 2.75) is 31.8 Å². The molecule has 106 valence electrons. The summed E-state index contributed by atoms with van der Waals surface area (Å²) in [5, 5.41) is 11.2. The first-order valence-electron chi connectivity index (χ1n) is 6.58. The van der Waals surface area contributed by atoms with E-state index in [2.05, 4.69) is 0 Å². The predicted octanol–water partition coefficient (Wildman–Crippen LogP) is 4.36. The second kappa shape index (κ2) is 5.94. The van der Waals surface area contributed by atoms with Gasteiger partial charge in [-0.1, -0.05) is 49.7 Å². The molecule has 0 bridgehead atoms. The van der Waals surface area contributed by atoms with Crippen molar-refractivity contribution >= 4 is 11.6 Å². The van der Waals surface area contributed by atoms with Crippen LogP contribution in [0.15, 0.2) is 48.5 Å². The maximum absolute atomic E-state index is 13.0. The minimum absolute atomic E-state index is 0.267. The van der Waals surface area contributed by atoms with Crippen LogP contribution in [0.4, 0.5) is 4.39 Å². The molecule has 0 amide bonds. The summed E-state index contributed by atoms with van der Waals surface area (Å²) < 4.78 is 13.0. The van der Waals surface area contributed by atoms with Crippen LogP contribution in [-0.2, 0) is 11.8 Å². The number of rotatable bonds is 4. The summed E-state index contributed by atoms with van der Waals surface area (Å²) in [5.41, 5.74) is 1.49. The summed E-state index contributed by atoms with van der Waals surface area (Å²) in [6.45, 7) is 3.92. The van der Waals surface area contributed by atoms with Crippen molar-refractivity contribution in [1.29, 1.82) is 0 Å². The molecule has 2 rings (SSSR count). The third-order valence-electron chi connectivity index (χ3n) is 3.76. The van der Waals surface area contributed by atoms with Gasteiger partial charge in [0.25, 0.3) is 0 Å². The fourth-order valence-electron chi connectivity index (χ4n) is 2.17. The highest BCUT2D eigenvalue weighted by Crippen LogP contribution is 2.29. The van der Waals surface area contributed by atoms with E-state index in [4.69, 9.17) is 11.6 Å². The van der Waals surface area contributed by atoms with Gasteiger partial charge >= 0.3 is 0 Å². The molecule has 0 aliphatic carbocycles.